The molecule has 5 nitrogen and oxygen atoms in total. The molecule has 2 N–H and O–H groups in total. The van der Waals surface area contributed by atoms with E-state index in [4.69, 9.17) is 9.47 Å². The van der Waals surface area contributed by atoms with Gasteiger partial charge in [0.25, 0.3) is 0 Å². The van der Waals surface area contributed by atoms with Gasteiger partial charge in [-0.3, -0.25) is 4.99 Å². The molecular weight excluding hydrogens is 460 g/mol. The van der Waals surface area contributed by atoms with Crippen LogP contribution < -0.4 is 15.4 Å². The first kappa shape index (κ1) is 23.2. The Labute approximate surface area is 177 Å². The van der Waals surface area contributed by atoms with Gasteiger partial charge in [-0.2, -0.15) is 0 Å². The number of aliphatic imine (C=N–C) groups is 1. The van der Waals surface area contributed by atoms with Gasteiger partial charge in [0.2, 0.25) is 0 Å². The third-order valence-electron chi connectivity index (χ3n) is 3.82. The van der Waals surface area contributed by atoms with Gasteiger partial charge in [0.1, 0.15) is 18.2 Å². The Bertz CT molecular complexity index is 741. The molecule has 0 saturated heterocycles. The summed E-state index contributed by atoms with van der Waals surface area (Å²) < 4.78 is 23.9. The third-order valence-corrected chi connectivity index (χ3v) is 3.82. The molecule has 0 unspecified atom stereocenters. The first-order valence-corrected chi connectivity index (χ1v) is 8.52. The van der Waals surface area contributed by atoms with Crippen molar-refractivity contribution in [1.29, 1.82) is 0 Å². The minimum Gasteiger partial charge on any atom is -0.491 e. The highest BCUT2D eigenvalue weighted by atomic mass is 127. The highest BCUT2D eigenvalue weighted by molar-refractivity contribution is 14.0. The fraction of sp³-hybridized carbons (Fsp3) is 0.350. The summed E-state index contributed by atoms with van der Waals surface area (Å²) in [5.41, 5.74) is 2.72. The number of hydrogen-bond donors (Lipinski definition) is 2. The second-order valence-electron chi connectivity index (χ2n) is 5.85. The Morgan fingerprint density at radius 3 is 2.37 bits per heavy atom. The van der Waals surface area contributed by atoms with Gasteiger partial charge in [0.05, 0.1) is 6.61 Å². The number of nitrogens with one attached hydrogen (secondary N) is 2. The van der Waals surface area contributed by atoms with Gasteiger partial charge in [-0.1, -0.05) is 24.3 Å². The van der Waals surface area contributed by atoms with Gasteiger partial charge in [-0.25, -0.2) is 4.39 Å². The van der Waals surface area contributed by atoms with E-state index in [1.165, 1.54) is 6.07 Å². The lowest BCUT2D eigenvalue weighted by Gasteiger charge is -2.13. The van der Waals surface area contributed by atoms with Crippen molar-refractivity contribution in [2.75, 3.05) is 27.4 Å². The Morgan fingerprint density at radius 1 is 1.04 bits per heavy atom. The van der Waals surface area contributed by atoms with Gasteiger partial charge in [-0.05, 0) is 41.8 Å². The molecule has 2 rings (SSSR count). The zero-order valence-electron chi connectivity index (χ0n) is 15.9. The van der Waals surface area contributed by atoms with Gasteiger partial charge in [-0.15, -0.1) is 24.0 Å². The third kappa shape index (κ3) is 8.13. The molecule has 0 saturated carbocycles. The van der Waals surface area contributed by atoms with Crippen LogP contribution >= 0.6 is 24.0 Å². The number of guanidine groups is 1. The maximum Gasteiger partial charge on any atom is 0.191 e. The van der Waals surface area contributed by atoms with Crippen molar-refractivity contribution in [1.82, 2.24) is 10.6 Å². The summed E-state index contributed by atoms with van der Waals surface area (Å²) in [6, 6.07) is 13.0. The Hall–Kier alpha value is -1.87. The zero-order valence-corrected chi connectivity index (χ0v) is 18.3. The summed E-state index contributed by atoms with van der Waals surface area (Å²) in [5.74, 6) is 1.30. The van der Waals surface area contributed by atoms with E-state index in [0.717, 1.165) is 16.9 Å². The maximum atomic E-state index is 13.3. The fourth-order valence-electron chi connectivity index (χ4n) is 2.40. The van der Waals surface area contributed by atoms with E-state index >= 15 is 0 Å². The van der Waals surface area contributed by atoms with Crippen molar-refractivity contribution >= 4 is 29.9 Å². The van der Waals surface area contributed by atoms with Crippen molar-refractivity contribution in [3.63, 3.8) is 0 Å². The van der Waals surface area contributed by atoms with E-state index in [2.05, 4.69) is 15.6 Å². The van der Waals surface area contributed by atoms with E-state index in [9.17, 15) is 4.39 Å². The minimum atomic E-state index is -0.191. The molecule has 148 valence electrons. The topological polar surface area (TPSA) is 54.9 Å². The van der Waals surface area contributed by atoms with Crippen molar-refractivity contribution < 1.29 is 13.9 Å². The SMILES string of the molecule is CN=C(NCc1cccc(OCCOC)c1)NCc1ccc(F)c(C)c1.I. The zero-order chi connectivity index (χ0) is 18.8. The van der Waals surface area contributed by atoms with Crippen molar-refractivity contribution in [2.24, 2.45) is 4.99 Å². The Morgan fingerprint density at radius 2 is 1.74 bits per heavy atom. The highest BCUT2D eigenvalue weighted by Crippen LogP contribution is 2.13. The van der Waals surface area contributed by atoms with Crippen molar-refractivity contribution in [3.05, 3.63) is 65.0 Å². The predicted octanol–water partition coefficient (Wildman–Crippen LogP) is 3.64. The molecule has 0 fully saturated rings. The summed E-state index contributed by atoms with van der Waals surface area (Å²) in [4.78, 5) is 4.21. The molecule has 0 aromatic heterocycles. The number of nitrogens with zero attached hydrogens (tertiary/aromatic N) is 1. The van der Waals surface area contributed by atoms with Crippen LogP contribution in [0.4, 0.5) is 4.39 Å². The molecule has 0 heterocycles. The van der Waals surface area contributed by atoms with Crippen LogP contribution in [0.5, 0.6) is 5.75 Å². The predicted molar refractivity (Wildman–Crippen MR) is 117 cm³/mol. The lowest BCUT2D eigenvalue weighted by atomic mass is 10.1. The second-order valence-corrected chi connectivity index (χ2v) is 5.85. The molecule has 0 spiro atoms. The quantitative estimate of drug-likeness (QED) is 0.259. The van der Waals surface area contributed by atoms with Crippen LogP contribution in [0.1, 0.15) is 16.7 Å². The van der Waals surface area contributed by atoms with Crippen LogP contribution in [0.15, 0.2) is 47.5 Å². The second kappa shape index (κ2) is 12.5. The molecule has 0 aliphatic rings. The number of benzene rings is 2. The summed E-state index contributed by atoms with van der Waals surface area (Å²) in [6.45, 7) is 4.02. The monoisotopic (exact) mass is 487 g/mol. The molecule has 7 heteroatoms. The van der Waals surface area contributed by atoms with Gasteiger partial charge >= 0.3 is 0 Å². The molecule has 0 aliphatic carbocycles. The highest BCUT2D eigenvalue weighted by Gasteiger charge is 2.03. The standard InChI is InChI=1S/C20H26FN3O2.HI/c1-15-11-17(7-8-19(15)21)14-24-20(22-2)23-13-16-5-4-6-18(12-16)26-10-9-25-3;/h4-8,11-12H,9-10,13-14H2,1-3H3,(H2,22,23,24);1H. The molecule has 0 bridgehead atoms. The van der Waals surface area contributed by atoms with E-state index in [1.54, 1.807) is 27.1 Å². The summed E-state index contributed by atoms with van der Waals surface area (Å²) >= 11 is 0. The number of methoxy groups -OCH3 is 1. The number of halogens is 2. The Balaban J connectivity index is 0.00000364. The molecule has 0 amide bonds. The fourth-order valence-corrected chi connectivity index (χ4v) is 2.40. The van der Waals surface area contributed by atoms with E-state index in [1.807, 2.05) is 30.3 Å². The van der Waals surface area contributed by atoms with E-state index in [0.29, 0.717) is 37.8 Å². The molecule has 0 aliphatic heterocycles. The number of hydrogen-bond acceptors (Lipinski definition) is 3. The number of aryl methyl sites for hydroxylation is 1. The smallest absolute Gasteiger partial charge is 0.191 e. The summed E-state index contributed by atoms with van der Waals surface area (Å²) in [6.07, 6.45) is 0. The van der Waals surface area contributed by atoms with E-state index < -0.39 is 0 Å². The lowest BCUT2D eigenvalue weighted by molar-refractivity contribution is 0.146. The normalized spacial score (nSPS) is 10.9. The first-order valence-electron chi connectivity index (χ1n) is 8.52. The molecule has 2 aromatic carbocycles. The minimum absolute atomic E-state index is 0. The van der Waals surface area contributed by atoms with Crippen LogP contribution in [-0.2, 0) is 17.8 Å². The molecule has 0 atom stereocenters. The summed E-state index contributed by atoms with van der Waals surface area (Å²) in [7, 11) is 3.37. The van der Waals surface area contributed by atoms with Crippen LogP contribution in [-0.4, -0.2) is 33.3 Å². The van der Waals surface area contributed by atoms with Gasteiger partial charge in [0, 0.05) is 27.2 Å². The van der Waals surface area contributed by atoms with E-state index in [-0.39, 0.29) is 29.8 Å². The number of ether oxygens (including phenoxy) is 2. The molecule has 0 radical (unpaired) electrons. The lowest BCUT2D eigenvalue weighted by Crippen LogP contribution is -2.36. The van der Waals surface area contributed by atoms with Crippen LogP contribution in [0.2, 0.25) is 0 Å². The van der Waals surface area contributed by atoms with Gasteiger partial charge in [0.15, 0.2) is 5.96 Å². The average Bonchev–Trinajstić information content (AvgIpc) is 2.65. The van der Waals surface area contributed by atoms with Crippen molar-refractivity contribution in [2.45, 2.75) is 20.0 Å². The van der Waals surface area contributed by atoms with Crippen LogP contribution in [0.3, 0.4) is 0 Å². The van der Waals surface area contributed by atoms with Crippen LogP contribution in [0.25, 0.3) is 0 Å². The maximum absolute atomic E-state index is 13.3. The average molecular weight is 487 g/mol. The number of rotatable bonds is 8. The van der Waals surface area contributed by atoms with Crippen molar-refractivity contribution in [3.8, 4) is 5.75 Å². The summed E-state index contributed by atoms with van der Waals surface area (Å²) in [5, 5.41) is 6.49. The largest absolute Gasteiger partial charge is 0.491 e. The first-order chi connectivity index (χ1) is 12.6. The molecular formula is C20H27FIN3O2. The van der Waals surface area contributed by atoms with Gasteiger partial charge < -0.3 is 20.1 Å². The van der Waals surface area contributed by atoms with Crippen LogP contribution in [0, 0.1) is 12.7 Å². The molecule has 27 heavy (non-hydrogen) atoms. The Kier molecular flexibility index (Phi) is 10.7. The molecule has 2 aromatic rings.